The standard InChI is InChI=1S/C24H29N3O4/c1-15-9-8-12-19(27-23(29)31-24(2,3)4)20-13-16(14-21(25-20)30-5)17-10-6-7-11-18(17)26-22(15)28/h6-11,13-15,19H,12H2,1-5H3,(H,26,28)(H,27,29)/b9-8+/t15-,19-/m0/s1. The summed E-state index contributed by atoms with van der Waals surface area (Å²) in [6, 6.07) is 10.8. The quantitative estimate of drug-likeness (QED) is 0.674. The van der Waals surface area contributed by atoms with Crippen molar-refractivity contribution >= 4 is 17.7 Å². The third kappa shape index (κ3) is 5.84. The van der Waals surface area contributed by atoms with Crippen LogP contribution in [-0.4, -0.2) is 29.7 Å². The molecule has 2 N–H and O–H groups in total. The molecule has 0 unspecified atom stereocenters. The first-order valence-corrected chi connectivity index (χ1v) is 10.3. The van der Waals surface area contributed by atoms with Gasteiger partial charge < -0.3 is 20.1 Å². The Morgan fingerprint density at radius 3 is 2.68 bits per heavy atom. The van der Waals surface area contributed by atoms with Crippen molar-refractivity contribution in [3.8, 4) is 17.0 Å². The maximum Gasteiger partial charge on any atom is 0.408 e. The van der Waals surface area contributed by atoms with Crippen molar-refractivity contribution in [2.24, 2.45) is 5.92 Å². The number of carbonyl (C=O) groups excluding carboxylic acids is 2. The molecule has 0 radical (unpaired) electrons. The summed E-state index contributed by atoms with van der Waals surface area (Å²) < 4.78 is 10.9. The Labute approximate surface area is 182 Å². The van der Waals surface area contributed by atoms with Gasteiger partial charge in [-0.2, -0.15) is 0 Å². The first kappa shape index (κ1) is 22.3. The first-order chi connectivity index (χ1) is 14.7. The number of alkyl carbamates (subject to hydrolysis) is 1. The van der Waals surface area contributed by atoms with E-state index in [1.165, 1.54) is 0 Å². The van der Waals surface area contributed by atoms with Gasteiger partial charge >= 0.3 is 6.09 Å². The van der Waals surface area contributed by atoms with Crippen LogP contribution in [0, 0.1) is 5.92 Å². The highest BCUT2D eigenvalue weighted by Crippen LogP contribution is 2.33. The number of fused-ring (bicyclic) bond motifs is 4. The van der Waals surface area contributed by atoms with Crippen LogP contribution in [-0.2, 0) is 9.53 Å². The number of para-hydroxylation sites is 1. The molecule has 0 fully saturated rings. The fourth-order valence-electron chi connectivity index (χ4n) is 3.26. The number of nitrogens with one attached hydrogen (secondary N) is 2. The molecule has 164 valence electrons. The Morgan fingerprint density at radius 1 is 1.23 bits per heavy atom. The molecule has 31 heavy (non-hydrogen) atoms. The number of benzene rings is 1. The van der Waals surface area contributed by atoms with Crippen LogP contribution in [0.5, 0.6) is 5.88 Å². The molecule has 1 aromatic heterocycles. The Balaban J connectivity index is 2.10. The van der Waals surface area contributed by atoms with E-state index in [1.54, 1.807) is 7.11 Å². The van der Waals surface area contributed by atoms with Crippen molar-refractivity contribution in [1.82, 2.24) is 10.3 Å². The maximum atomic E-state index is 12.7. The minimum absolute atomic E-state index is 0.109. The lowest BCUT2D eigenvalue weighted by Crippen LogP contribution is -2.35. The summed E-state index contributed by atoms with van der Waals surface area (Å²) in [7, 11) is 1.55. The van der Waals surface area contributed by atoms with E-state index in [0.29, 0.717) is 23.7 Å². The van der Waals surface area contributed by atoms with Crippen molar-refractivity contribution in [3.63, 3.8) is 0 Å². The van der Waals surface area contributed by atoms with E-state index < -0.39 is 17.7 Å². The minimum atomic E-state index is -0.621. The molecule has 3 rings (SSSR count). The van der Waals surface area contributed by atoms with Gasteiger partial charge in [0.2, 0.25) is 11.8 Å². The molecule has 1 aliphatic heterocycles. The van der Waals surface area contributed by atoms with Crippen molar-refractivity contribution in [2.75, 3.05) is 12.4 Å². The van der Waals surface area contributed by atoms with Crippen molar-refractivity contribution in [2.45, 2.75) is 45.8 Å². The molecule has 2 heterocycles. The number of rotatable bonds is 2. The Kier molecular flexibility index (Phi) is 6.63. The van der Waals surface area contributed by atoms with Crippen LogP contribution in [0.3, 0.4) is 0 Å². The Hall–Kier alpha value is -3.35. The number of pyridine rings is 1. The van der Waals surface area contributed by atoms with Crippen LogP contribution in [0.15, 0.2) is 48.6 Å². The fourth-order valence-corrected chi connectivity index (χ4v) is 3.26. The summed E-state index contributed by atoms with van der Waals surface area (Å²) in [5.74, 6) is -0.0308. The molecular weight excluding hydrogens is 394 g/mol. The van der Waals surface area contributed by atoms with E-state index in [9.17, 15) is 9.59 Å². The molecule has 0 saturated heterocycles. The Morgan fingerprint density at radius 2 is 1.97 bits per heavy atom. The largest absolute Gasteiger partial charge is 0.481 e. The highest BCUT2D eigenvalue weighted by molar-refractivity contribution is 5.97. The van der Waals surface area contributed by atoms with Crippen LogP contribution in [0.4, 0.5) is 10.5 Å². The van der Waals surface area contributed by atoms with Crippen LogP contribution >= 0.6 is 0 Å². The number of hydrogen-bond donors (Lipinski definition) is 2. The van der Waals surface area contributed by atoms with Gasteiger partial charge in [0.25, 0.3) is 0 Å². The topological polar surface area (TPSA) is 89.6 Å². The number of amides is 2. The first-order valence-electron chi connectivity index (χ1n) is 10.3. The number of nitrogens with zero attached hydrogens (tertiary/aromatic N) is 1. The van der Waals surface area contributed by atoms with Gasteiger partial charge in [-0.05, 0) is 44.9 Å². The average molecular weight is 424 g/mol. The van der Waals surface area contributed by atoms with E-state index >= 15 is 0 Å². The highest BCUT2D eigenvalue weighted by Gasteiger charge is 2.23. The summed E-state index contributed by atoms with van der Waals surface area (Å²) >= 11 is 0. The lowest BCUT2D eigenvalue weighted by atomic mass is 9.99. The normalized spacial score (nSPS) is 19.7. The smallest absolute Gasteiger partial charge is 0.408 e. The SMILES string of the molecule is COc1cc2cc(n1)[C@@H](NC(=O)OC(C)(C)C)C/C=C/[C@H](C)C(=O)Nc1ccccc1-2. The van der Waals surface area contributed by atoms with Crippen LogP contribution < -0.4 is 15.4 Å². The van der Waals surface area contributed by atoms with E-state index in [4.69, 9.17) is 9.47 Å². The number of methoxy groups -OCH3 is 1. The third-order valence-electron chi connectivity index (χ3n) is 4.78. The minimum Gasteiger partial charge on any atom is -0.481 e. The van der Waals surface area contributed by atoms with E-state index in [0.717, 1.165) is 11.1 Å². The molecule has 0 saturated carbocycles. The summed E-state index contributed by atoms with van der Waals surface area (Å²) in [5, 5.41) is 5.91. The van der Waals surface area contributed by atoms with Crippen molar-refractivity contribution < 1.29 is 19.1 Å². The monoisotopic (exact) mass is 423 g/mol. The second-order valence-electron chi connectivity index (χ2n) is 8.51. The lowest BCUT2D eigenvalue weighted by Gasteiger charge is -2.24. The zero-order valence-electron chi connectivity index (χ0n) is 18.6. The van der Waals surface area contributed by atoms with Crippen LogP contribution in [0.25, 0.3) is 11.1 Å². The third-order valence-corrected chi connectivity index (χ3v) is 4.78. The molecule has 1 aromatic carbocycles. The molecule has 0 spiro atoms. The summed E-state index contributed by atoms with van der Waals surface area (Å²) in [5.41, 5.74) is 2.38. The number of aromatic nitrogens is 1. The second kappa shape index (κ2) is 9.20. The molecular formula is C24H29N3O4. The summed E-state index contributed by atoms with van der Waals surface area (Å²) in [6.07, 6.45) is 3.61. The number of ether oxygens (including phenoxy) is 2. The second-order valence-corrected chi connectivity index (χ2v) is 8.51. The number of carbonyl (C=O) groups is 2. The predicted molar refractivity (Wildman–Crippen MR) is 120 cm³/mol. The van der Waals surface area contributed by atoms with Crippen LogP contribution in [0.2, 0.25) is 0 Å². The molecule has 0 aliphatic carbocycles. The molecule has 1 aliphatic rings. The molecule has 7 nitrogen and oxygen atoms in total. The van der Waals surface area contributed by atoms with E-state index in [-0.39, 0.29) is 11.8 Å². The molecule has 7 heteroatoms. The van der Waals surface area contributed by atoms with Gasteiger partial charge in [-0.3, -0.25) is 4.79 Å². The zero-order chi connectivity index (χ0) is 22.6. The van der Waals surface area contributed by atoms with Gasteiger partial charge in [0.15, 0.2) is 0 Å². The maximum absolute atomic E-state index is 12.7. The van der Waals surface area contributed by atoms with Gasteiger partial charge in [0.05, 0.1) is 24.8 Å². The van der Waals surface area contributed by atoms with E-state index in [2.05, 4.69) is 15.6 Å². The van der Waals surface area contributed by atoms with Gasteiger partial charge in [-0.25, -0.2) is 9.78 Å². The van der Waals surface area contributed by atoms with Crippen molar-refractivity contribution in [3.05, 3.63) is 54.2 Å². The summed E-state index contributed by atoms with van der Waals surface area (Å²) in [6.45, 7) is 7.27. The summed E-state index contributed by atoms with van der Waals surface area (Å²) in [4.78, 5) is 29.7. The zero-order valence-corrected chi connectivity index (χ0v) is 18.6. The highest BCUT2D eigenvalue weighted by atomic mass is 16.6. The van der Waals surface area contributed by atoms with Gasteiger partial charge in [0, 0.05) is 17.3 Å². The molecule has 2 aromatic rings. The fraction of sp³-hybridized carbons (Fsp3) is 0.375. The van der Waals surface area contributed by atoms with Gasteiger partial charge in [-0.15, -0.1) is 0 Å². The Bertz CT molecular complexity index is 995. The van der Waals surface area contributed by atoms with E-state index in [1.807, 2.05) is 76.2 Å². The van der Waals surface area contributed by atoms with Crippen LogP contribution in [0.1, 0.15) is 45.9 Å². The van der Waals surface area contributed by atoms with Gasteiger partial charge in [0.1, 0.15) is 5.60 Å². The van der Waals surface area contributed by atoms with Crippen molar-refractivity contribution in [1.29, 1.82) is 0 Å². The number of anilines is 1. The lowest BCUT2D eigenvalue weighted by molar-refractivity contribution is -0.118. The molecule has 2 amide bonds. The van der Waals surface area contributed by atoms with Gasteiger partial charge in [-0.1, -0.05) is 37.3 Å². The number of hydrogen-bond acceptors (Lipinski definition) is 5. The molecule has 2 atom stereocenters. The predicted octanol–water partition coefficient (Wildman–Crippen LogP) is 4.86. The average Bonchev–Trinajstić information content (AvgIpc) is 2.70. The molecule has 2 bridgehead atoms.